The first kappa shape index (κ1) is 19.3. The molecule has 1 amide bonds. The van der Waals surface area contributed by atoms with Crippen LogP contribution in [-0.2, 0) is 17.9 Å². The summed E-state index contributed by atoms with van der Waals surface area (Å²) in [5.74, 6) is -0.534. The van der Waals surface area contributed by atoms with Gasteiger partial charge in [-0.1, -0.05) is 25.1 Å². The van der Waals surface area contributed by atoms with E-state index in [1.165, 1.54) is 17.1 Å². The second kappa shape index (κ2) is 8.03. The van der Waals surface area contributed by atoms with E-state index in [2.05, 4.69) is 15.5 Å². The smallest absolute Gasteiger partial charge is 0.306 e. The summed E-state index contributed by atoms with van der Waals surface area (Å²) in [6.45, 7) is 6.28. The first-order chi connectivity index (χ1) is 13.4. The monoisotopic (exact) mass is 382 g/mol. The summed E-state index contributed by atoms with van der Waals surface area (Å²) in [5.41, 5.74) is 3.68. The molecule has 1 N–H and O–H groups in total. The summed E-state index contributed by atoms with van der Waals surface area (Å²) in [7, 11) is 0. The van der Waals surface area contributed by atoms with Crippen molar-refractivity contribution in [3.63, 3.8) is 0 Å². The lowest BCUT2D eigenvalue weighted by molar-refractivity contribution is -0.385. The summed E-state index contributed by atoms with van der Waals surface area (Å²) in [5, 5.41) is 22.2. The third-order valence-corrected chi connectivity index (χ3v) is 4.62. The second-order valence-corrected chi connectivity index (χ2v) is 6.69. The molecule has 2 heterocycles. The van der Waals surface area contributed by atoms with E-state index in [4.69, 9.17) is 0 Å². The number of nitro groups is 1. The molecule has 3 aromatic rings. The minimum absolute atomic E-state index is 0.0906. The fourth-order valence-corrected chi connectivity index (χ4v) is 3.01. The maximum Gasteiger partial charge on any atom is 0.306 e. The topological polar surface area (TPSA) is 108 Å². The lowest BCUT2D eigenvalue weighted by Gasteiger charge is -2.12. The molecule has 146 valence electrons. The number of nitrogens with zero attached hydrogens (tertiary/aromatic N) is 5. The van der Waals surface area contributed by atoms with E-state index < -0.39 is 4.92 Å². The summed E-state index contributed by atoms with van der Waals surface area (Å²) < 4.78 is 3.27. The first-order valence-corrected chi connectivity index (χ1v) is 8.92. The molecule has 1 atom stereocenters. The largest absolute Gasteiger partial charge is 0.352 e. The van der Waals surface area contributed by atoms with Crippen LogP contribution in [0.2, 0.25) is 0 Å². The molecule has 0 bridgehead atoms. The third kappa shape index (κ3) is 4.08. The van der Waals surface area contributed by atoms with Crippen LogP contribution in [0, 0.1) is 29.9 Å². The summed E-state index contributed by atoms with van der Waals surface area (Å²) >= 11 is 0. The van der Waals surface area contributed by atoms with Gasteiger partial charge in [0, 0.05) is 17.8 Å². The van der Waals surface area contributed by atoms with Gasteiger partial charge >= 0.3 is 5.69 Å². The molecular formula is C19H22N6O3. The average Bonchev–Trinajstić information content (AvgIpc) is 3.25. The molecular weight excluding hydrogens is 360 g/mol. The molecule has 0 saturated heterocycles. The van der Waals surface area contributed by atoms with Gasteiger partial charge in [-0.05, 0) is 26.0 Å². The highest BCUT2D eigenvalue weighted by molar-refractivity contribution is 5.78. The maximum atomic E-state index is 12.4. The molecule has 2 aromatic heterocycles. The number of hydrogen-bond acceptors (Lipinski definition) is 5. The Bertz CT molecular complexity index is 993. The van der Waals surface area contributed by atoms with Crippen molar-refractivity contribution in [1.29, 1.82) is 0 Å². The van der Waals surface area contributed by atoms with E-state index in [1.54, 1.807) is 6.92 Å². The fourth-order valence-electron chi connectivity index (χ4n) is 3.01. The Morgan fingerprint density at radius 2 is 2.00 bits per heavy atom. The quantitative estimate of drug-likeness (QED) is 0.499. The molecule has 28 heavy (non-hydrogen) atoms. The highest BCUT2D eigenvalue weighted by atomic mass is 16.6. The first-order valence-electron chi connectivity index (χ1n) is 8.92. The van der Waals surface area contributed by atoms with Crippen molar-refractivity contribution < 1.29 is 9.72 Å². The molecule has 1 aromatic carbocycles. The molecule has 0 saturated carbocycles. The molecule has 0 fully saturated rings. The van der Waals surface area contributed by atoms with Crippen molar-refractivity contribution in [3.05, 3.63) is 69.8 Å². The number of para-hydroxylation sites is 1. The predicted molar refractivity (Wildman–Crippen MR) is 103 cm³/mol. The van der Waals surface area contributed by atoms with Crippen LogP contribution >= 0.6 is 0 Å². The zero-order valence-electron chi connectivity index (χ0n) is 16.0. The highest BCUT2D eigenvalue weighted by Gasteiger charge is 2.18. The van der Waals surface area contributed by atoms with Gasteiger partial charge in [0.1, 0.15) is 12.4 Å². The maximum absolute atomic E-state index is 12.4. The van der Waals surface area contributed by atoms with E-state index in [-0.39, 0.29) is 24.1 Å². The van der Waals surface area contributed by atoms with Crippen molar-refractivity contribution >= 4 is 11.6 Å². The van der Waals surface area contributed by atoms with E-state index in [0.717, 1.165) is 22.6 Å². The van der Waals surface area contributed by atoms with Crippen LogP contribution in [0.5, 0.6) is 0 Å². The number of carbonyl (C=O) groups excluding carboxylic acids is 1. The molecule has 0 aliphatic carbocycles. The van der Waals surface area contributed by atoms with Gasteiger partial charge in [-0.25, -0.2) is 4.68 Å². The van der Waals surface area contributed by atoms with Crippen molar-refractivity contribution in [2.45, 2.75) is 33.9 Å². The number of carbonyl (C=O) groups is 1. The van der Waals surface area contributed by atoms with Gasteiger partial charge in [-0.2, -0.15) is 10.2 Å². The lowest BCUT2D eigenvalue weighted by Crippen LogP contribution is -2.31. The Hall–Kier alpha value is -3.49. The molecule has 0 spiro atoms. The zero-order valence-corrected chi connectivity index (χ0v) is 16.0. The van der Waals surface area contributed by atoms with Gasteiger partial charge in [-0.3, -0.25) is 19.6 Å². The lowest BCUT2D eigenvalue weighted by atomic mass is 10.1. The number of aryl methyl sites for hydroxylation is 1. The van der Waals surface area contributed by atoms with Crippen molar-refractivity contribution in [1.82, 2.24) is 24.9 Å². The standard InChI is InChI=1S/C19H22N6O3/c1-13(11-23-12-17(9-21-23)25(27)28)19(26)20-10-18-14(2)22-24(15(18)3)16-7-5-4-6-8-16/h4-9,12-13H,10-11H2,1-3H3,(H,20,26). The molecule has 0 radical (unpaired) electrons. The van der Waals surface area contributed by atoms with Crippen LogP contribution in [0.3, 0.4) is 0 Å². The van der Waals surface area contributed by atoms with Gasteiger partial charge < -0.3 is 5.32 Å². The van der Waals surface area contributed by atoms with Gasteiger partial charge in [0.2, 0.25) is 5.91 Å². The van der Waals surface area contributed by atoms with Crippen LogP contribution in [-0.4, -0.2) is 30.4 Å². The minimum atomic E-state index is -0.510. The van der Waals surface area contributed by atoms with Crippen LogP contribution in [0.1, 0.15) is 23.9 Å². The van der Waals surface area contributed by atoms with E-state index in [9.17, 15) is 14.9 Å². The van der Waals surface area contributed by atoms with Gasteiger partial charge in [0.25, 0.3) is 0 Å². The summed E-state index contributed by atoms with van der Waals surface area (Å²) in [4.78, 5) is 22.7. The van der Waals surface area contributed by atoms with E-state index >= 15 is 0 Å². The van der Waals surface area contributed by atoms with Crippen molar-refractivity contribution in [2.24, 2.45) is 5.92 Å². The minimum Gasteiger partial charge on any atom is -0.352 e. The number of nitrogens with one attached hydrogen (secondary N) is 1. The number of hydrogen-bond donors (Lipinski definition) is 1. The van der Waals surface area contributed by atoms with Gasteiger partial charge in [0.05, 0.1) is 28.8 Å². The normalized spacial score (nSPS) is 12.0. The zero-order chi connectivity index (χ0) is 20.3. The van der Waals surface area contributed by atoms with Crippen LogP contribution < -0.4 is 5.32 Å². The average molecular weight is 382 g/mol. The van der Waals surface area contributed by atoms with Crippen LogP contribution in [0.25, 0.3) is 5.69 Å². The Kier molecular flexibility index (Phi) is 5.53. The van der Waals surface area contributed by atoms with Crippen molar-refractivity contribution in [3.8, 4) is 5.69 Å². The highest BCUT2D eigenvalue weighted by Crippen LogP contribution is 2.18. The number of aromatic nitrogens is 4. The van der Waals surface area contributed by atoms with E-state index in [0.29, 0.717) is 6.54 Å². The number of amides is 1. The molecule has 9 heteroatoms. The molecule has 1 unspecified atom stereocenters. The Morgan fingerprint density at radius 1 is 1.29 bits per heavy atom. The fraction of sp³-hybridized carbons (Fsp3) is 0.316. The number of benzene rings is 1. The Morgan fingerprint density at radius 3 is 2.64 bits per heavy atom. The summed E-state index contributed by atoms with van der Waals surface area (Å²) in [6.07, 6.45) is 2.50. The van der Waals surface area contributed by atoms with Crippen LogP contribution in [0.15, 0.2) is 42.7 Å². The van der Waals surface area contributed by atoms with Gasteiger partial charge in [-0.15, -0.1) is 0 Å². The number of rotatable bonds is 7. The van der Waals surface area contributed by atoms with Crippen molar-refractivity contribution in [2.75, 3.05) is 0 Å². The summed E-state index contributed by atoms with van der Waals surface area (Å²) in [6, 6.07) is 9.81. The second-order valence-electron chi connectivity index (χ2n) is 6.69. The van der Waals surface area contributed by atoms with Crippen LogP contribution in [0.4, 0.5) is 5.69 Å². The Labute approximate surface area is 162 Å². The Balaban J connectivity index is 1.64. The molecule has 3 rings (SSSR count). The predicted octanol–water partition coefficient (Wildman–Crippen LogP) is 2.55. The SMILES string of the molecule is Cc1nn(-c2ccccc2)c(C)c1CNC(=O)C(C)Cn1cc([N+](=O)[O-])cn1. The molecule has 0 aliphatic rings. The molecule has 9 nitrogen and oxygen atoms in total. The van der Waals surface area contributed by atoms with E-state index in [1.807, 2.05) is 48.9 Å². The molecule has 0 aliphatic heterocycles. The van der Waals surface area contributed by atoms with Gasteiger partial charge in [0.15, 0.2) is 0 Å². The third-order valence-electron chi connectivity index (χ3n) is 4.62.